The number of benzene rings is 2. The molecule has 3 rings (SSSR count). The van der Waals surface area contributed by atoms with E-state index in [0.29, 0.717) is 16.1 Å². The first kappa shape index (κ1) is 19.6. The molecule has 6 nitrogen and oxygen atoms in total. The highest BCUT2D eigenvalue weighted by Crippen LogP contribution is 2.26. The van der Waals surface area contributed by atoms with Crippen molar-refractivity contribution >= 4 is 47.8 Å². The molecule has 1 aliphatic rings. The maximum atomic E-state index is 12.3. The van der Waals surface area contributed by atoms with Gasteiger partial charge in [-0.15, -0.1) is 12.6 Å². The van der Waals surface area contributed by atoms with Crippen molar-refractivity contribution < 1.29 is 9.59 Å². The molecule has 0 radical (unpaired) electrons. The lowest BCUT2D eigenvalue weighted by molar-refractivity contribution is -0.129. The highest BCUT2D eigenvalue weighted by atomic mass is 32.2. The lowest BCUT2D eigenvalue weighted by atomic mass is 10.2. The SMILES string of the molecule is CC(=O)N1CCN(Sc2ccc(NC(=O)c3ccc(S)c(N)c3)cc2)CC1. The summed E-state index contributed by atoms with van der Waals surface area (Å²) in [6, 6.07) is 12.7. The number of hydrogen-bond donors (Lipinski definition) is 3. The molecule has 3 N–H and O–H groups in total. The summed E-state index contributed by atoms with van der Waals surface area (Å²) in [5.74, 6) is -0.0821. The Morgan fingerprint density at radius 3 is 2.33 bits per heavy atom. The molecule has 0 unspecified atom stereocenters. The summed E-state index contributed by atoms with van der Waals surface area (Å²) in [6.45, 7) is 4.79. The van der Waals surface area contributed by atoms with Crippen molar-refractivity contribution in [2.24, 2.45) is 0 Å². The van der Waals surface area contributed by atoms with E-state index >= 15 is 0 Å². The second-order valence-corrected chi connectivity index (χ2v) is 7.93. The Labute approximate surface area is 168 Å². The third-order valence-corrected chi connectivity index (χ3v) is 5.83. The van der Waals surface area contributed by atoms with Crippen molar-refractivity contribution in [1.82, 2.24) is 9.21 Å². The molecule has 2 aromatic carbocycles. The molecule has 1 saturated heterocycles. The van der Waals surface area contributed by atoms with Gasteiger partial charge in [0.1, 0.15) is 0 Å². The van der Waals surface area contributed by atoms with E-state index in [4.69, 9.17) is 5.73 Å². The minimum Gasteiger partial charge on any atom is -0.398 e. The van der Waals surface area contributed by atoms with Crippen LogP contribution >= 0.6 is 24.6 Å². The van der Waals surface area contributed by atoms with Gasteiger partial charge in [-0.05, 0) is 54.4 Å². The first-order valence-electron chi connectivity index (χ1n) is 8.61. The third-order valence-electron chi connectivity index (χ3n) is 4.32. The summed E-state index contributed by atoms with van der Waals surface area (Å²) in [5.41, 5.74) is 7.49. The van der Waals surface area contributed by atoms with E-state index in [1.807, 2.05) is 29.2 Å². The van der Waals surface area contributed by atoms with Crippen LogP contribution in [-0.2, 0) is 4.79 Å². The molecule has 8 heteroatoms. The van der Waals surface area contributed by atoms with Crippen LogP contribution in [0.15, 0.2) is 52.3 Å². The molecule has 142 valence electrons. The highest BCUT2D eigenvalue weighted by Gasteiger charge is 2.19. The van der Waals surface area contributed by atoms with Crippen molar-refractivity contribution in [3.63, 3.8) is 0 Å². The number of nitrogens with zero attached hydrogens (tertiary/aromatic N) is 2. The number of hydrogen-bond acceptors (Lipinski definition) is 6. The Balaban J connectivity index is 1.55. The molecule has 0 atom stereocenters. The van der Waals surface area contributed by atoms with Crippen molar-refractivity contribution in [2.45, 2.75) is 16.7 Å². The van der Waals surface area contributed by atoms with Gasteiger partial charge in [0, 0.05) is 59.8 Å². The fourth-order valence-electron chi connectivity index (χ4n) is 2.74. The van der Waals surface area contributed by atoms with Crippen LogP contribution in [0, 0.1) is 0 Å². The zero-order chi connectivity index (χ0) is 19.4. The summed E-state index contributed by atoms with van der Waals surface area (Å²) in [4.78, 5) is 27.3. The van der Waals surface area contributed by atoms with Crippen LogP contribution in [-0.4, -0.2) is 47.2 Å². The number of rotatable bonds is 4. The van der Waals surface area contributed by atoms with Gasteiger partial charge in [-0.25, -0.2) is 4.31 Å². The van der Waals surface area contributed by atoms with Crippen LogP contribution in [0.4, 0.5) is 11.4 Å². The second kappa shape index (κ2) is 8.69. The predicted octanol–water partition coefficient (Wildman–Crippen LogP) is 2.98. The van der Waals surface area contributed by atoms with E-state index < -0.39 is 0 Å². The van der Waals surface area contributed by atoms with Gasteiger partial charge >= 0.3 is 0 Å². The molecule has 27 heavy (non-hydrogen) atoms. The number of carbonyl (C=O) groups excluding carboxylic acids is 2. The Kier molecular flexibility index (Phi) is 6.30. The Bertz CT molecular complexity index is 834. The molecule has 0 spiro atoms. The first-order chi connectivity index (χ1) is 12.9. The zero-order valence-electron chi connectivity index (χ0n) is 15.0. The quantitative estimate of drug-likeness (QED) is 0.416. The van der Waals surface area contributed by atoms with E-state index in [2.05, 4.69) is 22.3 Å². The predicted molar refractivity (Wildman–Crippen MR) is 112 cm³/mol. The summed E-state index contributed by atoms with van der Waals surface area (Å²) in [5, 5.41) is 2.87. The summed E-state index contributed by atoms with van der Waals surface area (Å²) in [6.07, 6.45) is 0. The van der Waals surface area contributed by atoms with Crippen LogP contribution in [0.3, 0.4) is 0 Å². The number of amides is 2. The standard InChI is InChI=1S/C19H22N4O2S2/c1-13(24)22-8-10-23(11-9-22)27-16-5-3-15(4-6-16)21-19(25)14-2-7-18(26)17(20)12-14/h2-7,12,26H,8-11,20H2,1H3,(H,21,25). The molecule has 0 aromatic heterocycles. The van der Waals surface area contributed by atoms with Crippen LogP contribution in [0.2, 0.25) is 0 Å². The molecule has 2 amide bonds. The van der Waals surface area contributed by atoms with Crippen molar-refractivity contribution in [1.29, 1.82) is 0 Å². The number of nitrogens with one attached hydrogen (secondary N) is 1. The van der Waals surface area contributed by atoms with Gasteiger partial charge in [-0.2, -0.15) is 0 Å². The van der Waals surface area contributed by atoms with Crippen LogP contribution in [0.5, 0.6) is 0 Å². The number of carbonyl (C=O) groups is 2. The van der Waals surface area contributed by atoms with E-state index in [-0.39, 0.29) is 11.8 Å². The van der Waals surface area contributed by atoms with Gasteiger partial charge in [0.25, 0.3) is 5.91 Å². The smallest absolute Gasteiger partial charge is 0.255 e. The Morgan fingerprint density at radius 2 is 1.74 bits per heavy atom. The monoisotopic (exact) mass is 402 g/mol. The topological polar surface area (TPSA) is 78.7 Å². The molecule has 1 aliphatic heterocycles. The lowest BCUT2D eigenvalue weighted by Gasteiger charge is -2.33. The Hall–Kier alpha value is -2.16. The fraction of sp³-hybridized carbons (Fsp3) is 0.263. The number of anilines is 2. The van der Waals surface area contributed by atoms with E-state index in [1.165, 1.54) is 0 Å². The number of nitrogen functional groups attached to an aromatic ring is 1. The van der Waals surface area contributed by atoms with E-state index in [1.54, 1.807) is 37.1 Å². The molecular formula is C19H22N4O2S2. The number of piperazine rings is 1. The van der Waals surface area contributed by atoms with E-state index in [0.717, 1.165) is 36.8 Å². The molecule has 0 bridgehead atoms. The van der Waals surface area contributed by atoms with Crippen molar-refractivity contribution in [3.05, 3.63) is 48.0 Å². The van der Waals surface area contributed by atoms with E-state index in [9.17, 15) is 9.59 Å². The summed E-state index contributed by atoms with van der Waals surface area (Å²) in [7, 11) is 0. The van der Waals surface area contributed by atoms with Crippen LogP contribution in [0.25, 0.3) is 0 Å². The zero-order valence-corrected chi connectivity index (χ0v) is 16.7. The fourth-order valence-corrected chi connectivity index (χ4v) is 3.78. The Morgan fingerprint density at radius 1 is 1.07 bits per heavy atom. The summed E-state index contributed by atoms with van der Waals surface area (Å²) < 4.78 is 2.24. The molecule has 2 aromatic rings. The van der Waals surface area contributed by atoms with Gasteiger partial charge < -0.3 is 16.0 Å². The van der Waals surface area contributed by atoms with Crippen LogP contribution in [0.1, 0.15) is 17.3 Å². The maximum absolute atomic E-state index is 12.3. The molecule has 1 heterocycles. The minimum atomic E-state index is -0.212. The largest absolute Gasteiger partial charge is 0.398 e. The average Bonchev–Trinajstić information content (AvgIpc) is 2.66. The molecule has 0 saturated carbocycles. The maximum Gasteiger partial charge on any atom is 0.255 e. The van der Waals surface area contributed by atoms with Gasteiger partial charge in [0.15, 0.2) is 0 Å². The minimum absolute atomic E-state index is 0.130. The van der Waals surface area contributed by atoms with Gasteiger partial charge in [-0.3, -0.25) is 9.59 Å². The highest BCUT2D eigenvalue weighted by molar-refractivity contribution is 7.97. The molecule has 0 aliphatic carbocycles. The van der Waals surface area contributed by atoms with Gasteiger partial charge in [-0.1, -0.05) is 0 Å². The third kappa shape index (κ3) is 5.18. The summed E-state index contributed by atoms with van der Waals surface area (Å²) >= 11 is 5.87. The average molecular weight is 403 g/mol. The van der Waals surface area contributed by atoms with Crippen LogP contribution < -0.4 is 11.1 Å². The molecule has 1 fully saturated rings. The van der Waals surface area contributed by atoms with Gasteiger partial charge in [0.05, 0.1) is 0 Å². The number of nitrogens with two attached hydrogens (primary N) is 1. The second-order valence-electron chi connectivity index (χ2n) is 6.28. The van der Waals surface area contributed by atoms with Gasteiger partial charge in [0.2, 0.25) is 5.91 Å². The molecular weight excluding hydrogens is 380 g/mol. The normalized spacial score (nSPS) is 14.8. The first-order valence-corrected chi connectivity index (χ1v) is 9.83. The lowest BCUT2D eigenvalue weighted by Crippen LogP contribution is -2.45. The van der Waals surface area contributed by atoms with Crippen molar-refractivity contribution in [2.75, 3.05) is 37.2 Å². The van der Waals surface area contributed by atoms with Crippen molar-refractivity contribution in [3.8, 4) is 0 Å². The number of thiol groups is 1.